The molecule has 2 aromatic rings. The first kappa shape index (κ1) is 17.6. The number of carbonyl (C=O) groups is 1. The predicted molar refractivity (Wildman–Crippen MR) is 102 cm³/mol. The van der Waals surface area contributed by atoms with E-state index in [0.717, 1.165) is 65.6 Å². The summed E-state index contributed by atoms with van der Waals surface area (Å²) in [5.74, 6) is 1.80. The summed E-state index contributed by atoms with van der Waals surface area (Å²) < 4.78 is 5.26. The monoisotopic (exact) mass is 371 g/mol. The summed E-state index contributed by atoms with van der Waals surface area (Å²) in [6.07, 6.45) is 3.29. The van der Waals surface area contributed by atoms with Crippen LogP contribution in [0.5, 0.6) is 0 Å². The highest BCUT2D eigenvalue weighted by atomic mass is 32.2. The maximum atomic E-state index is 13.4. The van der Waals surface area contributed by atoms with Crippen molar-refractivity contribution < 1.29 is 9.32 Å². The molecule has 2 fully saturated rings. The highest BCUT2D eigenvalue weighted by molar-refractivity contribution is 7.98. The Balaban J connectivity index is 1.56. The van der Waals surface area contributed by atoms with Gasteiger partial charge >= 0.3 is 0 Å². The fourth-order valence-electron chi connectivity index (χ4n) is 4.08. The van der Waals surface area contributed by atoms with Gasteiger partial charge in [-0.1, -0.05) is 17.3 Å². The third-order valence-corrected chi connectivity index (χ3v) is 6.66. The van der Waals surface area contributed by atoms with E-state index in [9.17, 15) is 4.79 Å². The van der Waals surface area contributed by atoms with Gasteiger partial charge in [-0.15, -0.1) is 11.8 Å². The fourth-order valence-corrected chi connectivity index (χ4v) is 5.28. The summed E-state index contributed by atoms with van der Waals surface area (Å²) in [6.45, 7) is 5.82. The van der Waals surface area contributed by atoms with Crippen LogP contribution in [0.4, 0.5) is 0 Å². The number of thioether (sulfide) groups is 1. The second-order valence-electron chi connectivity index (χ2n) is 7.18. The standard InChI is InChI=1S/C20H25N3O2S/c1-13-18(14(2)25-22-13)12-26-19-6-4-3-5-17(19)20(24)23-15-7-8-16(23)11-21-10-9-15/h3-6,15-16,21H,7-12H2,1-2H3. The van der Waals surface area contributed by atoms with Gasteiger partial charge in [0.2, 0.25) is 0 Å². The Morgan fingerprint density at radius 1 is 1.27 bits per heavy atom. The smallest absolute Gasteiger partial charge is 0.255 e. The van der Waals surface area contributed by atoms with Crippen LogP contribution in [-0.4, -0.2) is 41.1 Å². The van der Waals surface area contributed by atoms with Crippen molar-refractivity contribution in [3.63, 3.8) is 0 Å². The molecule has 2 aliphatic heterocycles. The molecule has 0 saturated carbocycles. The predicted octanol–water partition coefficient (Wildman–Crippen LogP) is 3.55. The maximum Gasteiger partial charge on any atom is 0.255 e. The van der Waals surface area contributed by atoms with Gasteiger partial charge in [0.25, 0.3) is 5.91 Å². The number of aryl methyl sites for hydroxylation is 2. The molecule has 5 nitrogen and oxygen atoms in total. The molecular weight excluding hydrogens is 346 g/mol. The molecule has 1 aromatic carbocycles. The molecule has 3 heterocycles. The van der Waals surface area contributed by atoms with Crippen LogP contribution in [0, 0.1) is 13.8 Å². The summed E-state index contributed by atoms with van der Waals surface area (Å²) in [6, 6.07) is 8.69. The van der Waals surface area contributed by atoms with E-state index < -0.39 is 0 Å². The van der Waals surface area contributed by atoms with Crippen molar-refractivity contribution >= 4 is 17.7 Å². The number of rotatable bonds is 4. The Labute approximate surface area is 158 Å². The first-order valence-electron chi connectivity index (χ1n) is 9.32. The van der Waals surface area contributed by atoms with Crippen LogP contribution in [0.25, 0.3) is 0 Å². The lowest BCUT2D eigenvalue weighted by Crippen LogP contribution is -2.42. The summed E-state index contributed by atoms with van der Waals surface area (Å²) >= 11 is 1.69. The highest BCUT2D eigenvalue weighted by Gasteiger charge is 2.38. The third kappa shape index (κ3) is 3.28. The van der Waals surface area contributed by atoms with Crippen LogP contribution in [0.2, 0.25) is 0 Å². The molecule has 1 aromatic heterocycles. The van der Waals surface area contributed by atoms with E-state index in [-0.39, 0.29) is 5.91 Å². The summed E-state index contributed by atoms with van der Waals surface area (Å²) in [4.78, 5) is 16.6. The lowest BCUT2D eigenvalue weighted by molar-refractivity contribution is 0.0676. The van der Waals surface area contributed by atoms with E-state index in [2.05, 4.69) is 15.4 Å². The normalized spacial score (nSPS) is 22.5. The molecule has 138 valence electrons. The quantitative estimate of drug-likeness (QED) is 0.833. The number of amides is 1. The van der Waals surface area contributed by atoms with Gasteiger partial charge in [-0.05, 0) is 51.8 Å². The molecule has 26 heavy (non-hydrogen) atoms. The van der Waals surface area contributed by atoms with Crippen LogP contribution < -0.4 is 5.32 Å². The van der Waals surface area contributed by atoms with Crippen LogP contribution in [0.3, 0.4) is 0 Å². The van der Waals surface area contributed by atoms with Gasteiger partial charge in [-0.3, -0.25) is 4.79 Å². The Morgan fingerprint density at radius 3 is 2.88 bits per heavy atom. The second kappa shape index (κ2) is 7.45. The molecule has 6 heteroatoms. The molecule has 1 N–H and O–H groups in total. The van der Waals surface area contributed by atoms with Gasteiger partial charge in [-0.25, -0.2) is 0 Å². The molecule has 2 unspecified atom stereocenters. The topological polar surface area (TPSA) is 58.4 Å². The number of aromatic nitrogens is 1. The van der Waals surface area contributed by atoms with E-state index >= 15 is 0 Å². The van der Waals surface area contributed by atoms with Crippen LogP contribution >= 0.6 is 11.8 Å². The fraction of sp³-hybridized carbons (Fsp3) is 0.500. The molecule has 4 rings (SSSR count). The van der Waals surface area contributed by atoms with E-state index in [1.54, 1.807) is 11.8 Å². The molecular formula is C20H25N3O2S. The molecule has 0 radical (unpaired) electrons. The van der Waals surface area contributed by atoms with Gasteiger partial charge in [0.1, 0.15) is 5.76 Å². The zero-order chi connectivity index (χ0) is 18.1. The van der Waals surface area contributed by atoms with Gasteiger partial charge in [0.05, 0.1) is 11.3 Å². The van der Waals surface area contributed by atoms with E-state index in [4.69, 9.17) is 4.52 Å². The minimum Gasteiger partial charge on any atom is -0.361 e. The Hall–Kier alpha value is -1.79. The van der Waals surface area contributed by atoms with Crippen LogP contribution in [-0.2, 0) is 5.75 Å². The SMILES string of the molecule is Cc1noc(C)c1CSc1ccccc1C(=O)N1C2CCNCC1CC2. The van der Waals surface area contributed by atoms with Crippen molar-refractivity contribution in [3.05, 3.63) is 46.8 Å². The van der Waals surface area contributed by atoms with Crippen LogP contribution in [0.15, 0.2) is 33.7 Å². The zero-order valence-electron chi connectivity index (χ0n) is 15.3. The molecule has 2 saturated heterocycles. The van der Waals surface area contributed by atoms with Crippen LogP contribution in [0.1, 0.15) is 46.6 Å². The third-order valence-electron chi connectivity index (χ3n) is 5.56. The first-order chi connectivity index (χ1) is 12.6. The molecule has 1 amide bonds. The van der Waals surface area contributed by atoms with Crippen molar-refractivity contribution in [2.24, 2.45) is 0 Å². The second-order valence-corrected chi connectivity index (χ2v) is 8.19. The number of fused-ring (bicyclic) bond motifs is 2. The first-order valence-corrected chi connectivity index (χ1v) is 10.3. The van der Waals surface area contributed by atoms with Gasteiger partial charge < -0.3 is 14.7 Å². The number of hydrogen-bond donors (Lipinski definition) is 1. The van der Waals surface area contributed by atoms with Crippen molar-refractivity contribution in [1.82, 2.24) is 15.4 Å². The lowest BCUT2D eigenvalue weighted by Gasteiger charge is -2.28. The van der Waals surface area contributed by atoms with E-state index in [1.165, 1.54) is 0 Å². The minimum atomic E-state index is 0.183. The zero-order valence-corrected chi connectivity index (χ0v) is 16.1. The van der Waals surface area contributed by atoms with Crippen molar-refractivity contribution in [2.75, 3.05) is 13.1 Å². The van der Waals surface area contributed by atoms with Crippen molar-refractivity contribution in [2.45, 2.75) is 55.8 Å². The van der Waals surface area contributed by atoms with E-state index in [1.807, 2.05) is 38.1 Å². The largest absolute Gasteiger partial charge is 0.361 e. The molecule has 2 atom stereocenters. The molecule has 2 aliphatic rings. The number of benzene rings is 1. The van der Waals surface area contributed by atoms with Crippen molar-refractivity contribution in [1.29, 1.82) is 0 Å². The summed E-state index contributed by atoms with van der Waals surface area (Å²) in [5.41, 5.74) is 2.87. The Bertz CT molecular complexity index is 771. The van der Waals surface area contributed by atoms with Gasteiger partial charge in [-0.2, -0.15) is 0 Å². The number of hydrogen-bond acceptors (Lipinski definition) is 5. The molecule has 0 spiro atoms. The number of nitrogens with zero attached hydrogens (tertiary/aromatic N) is 2. The maximum absolute atomic E-state index is 13.4. The van der Waals surface area contributed by atoms with Gasteiger partial charge in [0.15, 0.2) is 0 Å². The lowest BCUT2D eigenvalue weighted by atomic mass is 10.1. The average molecular weight is 372 g/mol. The Kier molecular flexibility index (Phi) is 5.05. The van der Waals surface area contributed by atoms with Crippen molar-refractivity contribution in [3.8, 4) is 0 Å². The number of carbonyl (C=O) groups excluding carboxylic acids is 1. The van der Waals surface area contributed by atoms with E-state index in [0.29, 0.717) is 12.1 Å². The molecule has 0 aliphatic carbocycles. The molecule has 2 bridgehead atoms. The average Bonchev–Trinajstić information content (AvgIpc) is 3.10. The summed E-state index contributed by atoms with van der Waals surface area (Å²) in [5, 5.41) is 7.50. The summed E-state index contributed by atoms with van der Waals surface area (Å²) in [7, 11) is 0. The number of nitrogens with one attached hydrogen (secondary N) is 1. The highest BCUT2D eigenvalue weighted by Crippen LogP contribution is 2.33. The van der Waals surface area contributed by atoms with Gasteiger partial charge in [0, 0.05) is 34.8 Å². The Morgan fingerprint density at radius 2 is 2.08 bits per heavy atom. The minimum absolute atomic E-state index is 0.183.